The lowest BCUT2D eigenvalue weighted by atomic mass is 10.1. The number of hydrogen-bond donors (Lipinski definition) is 2. The zero-order chi connectivity index (χ0) is 14.0. The molecule has 0 radical (unpaired) electrons. The van der Waals surface area contributed by atoms with Gasteiger partial charge in [0.05, 0.1) is 10.9 Å². The Morgan fingerprint density at radius 3 is 2.84 bits per heavy atom. The van der Waals surface area contributed by atoms with Crippen molar-refractivity contribution in [3.8, 4) is 0 Å². The van der Waals surface area contributed by atoms with Gasteiger partial charge in [-0.25, -0.2) is 0 Å². The Balaban J connectivity index is 2.65. The van der Waals surface area contributed by atoms with E-state index in [-0.39, 0.29) is 16.9 Å². The lowest BCUT2D eigenvalue weighted by Gasteiger charge is -2.10. The molecule has 2 rings (SSSR count). The second-order valence-corrected chi connectivity index (χ2v) is 4.48. The second-order valence-electron chi connectivity index (χ2n) is 4.48. The Kier molecular flexibility index (Phi) is 3.55. The number of amides is 1. The van der Waals surface area contributed by atoms with Crippen molar-refractivity contribution >= 4 is 22.5 Å². The first-order chi connectivity index (χ1) is 9.06. The summed E-state index contributed by atoms with van der Waals surface area (Å²) >= 11 is 0. The molecule has 0 saturated heterocycles. The number of anilines is 1. The van der Waals surface area contributed by atoms with E-state index >= 15 is 0 Å². The second kappa shape index (κ2) is 5.14. The summed E-state index contributed by atoms with van der Waals surface area (Å²) in [6, 6.07) is 5.26. The monoisotopic (exact) mass is 259 g/mol. The van der Waals surface area contributed by atoms with E-state index in [4.69, 9.17) is 5.73 Å². The van der Waals surface area contributed by atoms with Gasteiger partial charge in [-0.05, 0) is 18.6 Å². The number of rotatable bonds is 3. The number of aryl methyl sites for hydroxylation is 1. The summed E-state index contributed by atoms with van der Waals surface area (Å²) in [6.45, 7) is 2.50. The number of fused-ring (bicyclic) bond motifs is 1. The van der Waals surface area contributed by atoms with Gasteiger partial charge in [0.25, 0.3) is 5.91 Å². The molecule has 19 heavy (non-hydrogen) atoms. The molecule has 0 aliphatic carbocycles. The molecule has 1 aromatic carbocycles. The molecule has 0 spiro atoms. The Hall–Kier alpha value is -2.30. The van der Waals surface area contributed by atoms with E-state index in [1.165, 1.54) is 0 Å². The van der Waals surface area contributed by atoms with Crippen molar-refractivity contribution in [2.75, 3.05) is 12.3 Å². The largest absolute Gasteiger partial charge is 0.398 e. The van der Waals surface area contributed by atoms with Gasteiger partial charge in [0, 0.05) is 25.5 Å². The number of carbonyl (C=O) groups excluding carboxylic acids is 1. The van der Waals surface area contributed by atoms with Crippen molar-refractivity contribution < 1.29 is 4.79 Å². The molecule has 0 atom stereocenters. The minimum atomic E-state index is -0.354. The highest BCUT2D eigenvalue weighted by Gasteiger charge is 2.15. The number of nitrogens with one attached hydrogen (secondary N) is 1. The smallest absolute Gasteiger partial charge is 0.256 e. The Morgan fingerprint density at radius 2 is 2.16 bits per heavy atom. The van der Waals surface area contributed by atoms with Crippen molar-refractivity contribution in [1.29, 1.82) is 0 Å². The summed E-state index contributed by atoms with van der Waals surface area (Å²) in [7, 11) is 1.79. The van der Waals surface area contributed by atoms with E-state index in [0.29, 0.717) is 17.6 Å². The average Bonchev–Trinajstić information content (AvgIpc) is 2.40. The first-order valence-electron chi connectivity index (χ1n) is 6.22. The first-order valence-corrected chi connectivity index (χ1v) is 6.22. The Labute approximate surface area is 111 Å². The van der Waals surface area contributed by atoms with Gasteiger partial charge in [-0.3, -0.25) is 9.59 Å². The molecule has 0 saturated carbocycles. The SMILES string of the molecule is CCCNC(=O)c1cn(C)c2cccc(N)c2c1=O. The van der Waals surface area contributed by atoms with Gasteiger partial charge in [-0.15, -0.1) is 0 Å². The number of nitrogens with zero attached hydrogens (tertiary/aromatic N) is 1. The number of carbonyl (C=O) groups is 1. The zero-order valence-corrected chi connectivity index (χ0v) is 11.1. The molecule has 100 valence electrons. The molecular formula is C14H17N3O2. The van der Waals surface area contributed by atoms with Crippen LogP contribution in [0.1, 0.15) is 23.7 Å². The van der Waals surface area contributed by atoms with Crippen molar-refractivity contribution in [3.63, 3.8) is 0 Å². The summed E-state index contributed by atoms with van der Waals surface area (Å²) in [6.07, 6.45) is 2.37. The van der Waals surface area contributed by atoms with Gasteiger partial charge in [-0.1, -0.05) is 13.0 Å². The third-order valence-corrected chi connectivity index (χ3v) is 3.03. The van der Waals surface area contributed by atoms with Gasteiger partial charge in [0.2, 0.25) is 5.43 Å². The average molecular weight is 259 g/mol. The lowest BCUT2D eigenvalue weighted by molar-refractivity contribution is 0.0952. The molecule has 0 fully saturated rings. The number of benzene rings is 1. The van der Waals surface area contributed by atoms with E-state index in [1.54, 1.807) is 36.0 Å². The number of nitrogen functional groups attached to an aromatic ring is 1. The number of aromatic nitrogens is 1. The Bertz CT molecular complexity index is 689. The maximum atomic E-state index is 12.4. The van der Waals surface area contributed by atoms with Crippen LogP contribution in [-0.4, -0.2) is 17.0 Å². The standard InChI is InChI=1S/C14H17N3O2/c1-3-7-16-14(19)9-8-17(2)11-6-4-5-10(15)12(11)13(9)18/h4-6,8H,3,7,15H2,1-2H3,(H,16,19). The molecule has 0 aliphatic heterocycles. The van der Waals surface area contributed by atoms with Gasteiger partial charge >= 0.3 is 0 Å². The predicted octanol–water partition coefficient (Wildman–Crippen LogP) is 1.26. The fourth-order valence-corrected chi connectivity index (χ4v) is 2.05. The van der Waals surface area contributed by atoms with E-state index in [0.717, 1.165) is 11.9 Å². The van der Waals surface area contributed by atoms with Crippen LogP contribution in [0.4, 0.5) is 5.69 Å². The van der Waals surface area contributed by atoms with E-state index < -0.39 is 0 Å². The summed E-state index contributed by atoms with van der Waals surface area (Å²) in [5.41, 5.74) is 6.77. The zero-order valence-electron chi connectivity index (χ0n) is 11.1. The van der Waals surface area contributed by atoms with Crippen LogP contribution in [-0.2, 0) is 7.05 Å². The van der Waals surface area contributed by atoms with Gasteiger partial charge in [0.15, 0.2) is 0 Å². The van der Waals surface area contributed by atoms with E-state index in [2.05, 4.69) is 5.32 Å². The van der Waals surface area contributed by atoms with Crippen LogP contribution in [0, 0.1) is 0 Å². The number of nitrogens with two attached hydrogens (primary N) is 1. The highest BCUT2D eigenvalue weighted by atomic mass is 16.2. The highest BCUT2D eigenvalue weighted by molar-refractivity contribution is 6.00. The van der Waals surface area contributed by atoms with Crippen molar-refractivity contribution in [1.82, 2.24) is 9.88 Å². The molecule has 1 aromatic heterocycles. The van der Waals surface area contributed by atoms with Crippen LogP contribution in [0.2, 0.25) is 0 Å². The molecule has 5 heteroatoms. The fraction of sp³-hybridized carbons (Fsp3) is 0.286. The number of pyridine rings is 1. The lowest BCUT2D eigenvalue weighted by Crippen LogP contribution is -2.30. The van der Waals surface area contributed by atoms with Crippen LogP contribution in [0.3, 0.4) is 0 Å². The fourth-order valence-electron chi connectivity index (χ4n) is 2.05. The van der Waals surface area contributed by atoms with Crippen LogP contribution >= 0.6 is 0 Å². The molecule has 0 bridgehead atoms. The van der Waals surface area contributed by atoms with Crippen molar-refractivity contribution in [2.45, 2.75) is 13.3 Å². The van der Waals surface area contributed by atoms with Crippen LogP contribution in [0.15, 0.2) is 29.2 Å². The predicted molar refractivity (Wildman–Crippen MR) is 76.2 cm³/mol. The first kappa shape index (κ1) is 13.1. The van der Waals surface area contributed by atoms with Gasteiger partial charge in [-0.2, -0.15) is 0 Å². The van der Waals surface area contributed by atoms with Crippen LogP contribution in [0.25, 0.3) is 10.9 Å². The Morgan fingerprint density at radius 1 is 1.42 bits per heavy atom. The normalized spacial score (nSPS) is 10.6. The topological polar surface area (TPSA) is 77.1 Å². The molecule has 2 aromatic rings. The van der Waals surface area contributed by atoms with Crippen molar-refractivity contribution in [3.05, 3.63) is 40.2 Å². The molecule has 0 unspecified atom stereocenters. The third-order valence-electron chi connectivity index (χ3n) is 3.03. The molecule has 5 nitrogen and oxygen atoms in total. The minimum absolute atomic E-state index is 0.126. The van der Waals surface area contributed by atoms with Crippen LogP contribution in [0.5, 0.6) is 0 Å². The quantitative estimate of drug-likeness (QED) is 0.815. The molecule has 1 amide bonds. The highest BCUT2D eigenvalue weighted by Crippen LogP contribution is 2.17. The summed E-state index contributed by atoms with van der Waals surface area (Å²) in [5.74, 6) is -0.354. The molecular weight excluding hydrogens is 242 g/mol. The van der Waals surface area contributed by atoms with Gasteiger partial charge < -0.3 is 15.6 Å². The summed E-state index contributed by atoms with van der Waals surface area (Å²) in [4.78, 5) is 24.3. The minimum Gasteiger partial charge on any atom is -0.398 e. The van der Waals surface area contributed by atoms with Crippen LogP contribution < -0.4 is 16.5 Å². The van der Waals surface area contributed by atoms with E-state index in [9.17, 15) is 9.59 Å². The third kappa shape index (κ3) is 2.31. The summed E-state index contributed by atoms with van der Waals surface area (Å²) < 4.78 is 1.74. The van der Waals surface area contributed by atoms with Gasteiger partial charge in [0.1, 0.15) is 5.56 Å². The van der Waals surface area contributed by atoms with Crippen molar-refractivity contribution in [2.24, 2.45) is 7.05 Å². The summed E-state index contributed by atoms with van der Waals surface area (Å²) in [5, 5.41) is 3.11. The number of hydrogen-bond acceptors (Lipinski definition) is 3. The molecule has 1 heterocycles. The molecule has 3 N–H and O–H groups in total. The maximum Gasteiger partial charge on any atom is 0.256 e. The maximum absolute atomic E-state index is 12.4. The van der Waals surface area contributed by atoms with E-state index in [1.807, 2.05) is 6.92 Å². The molecule has 0 aliphatic rings.